The third kappa shape index (κ3) is 1.86. The number of H-pyrrole nitrogens is 1. The molecule has 3 heteroatoms. The summed E-state index contributed by atoms with van der Waals surface area (Å²) in [6.07, 6.45) is 5.11. The maximum atomic E-state index is 5.11. The van der Waals surface area contributed by atoms with E-state index in [1.165, 1.54) is 5.56 Å². The largest absolute Gasteiger partial charge is 0.302 e. The Balaban J connectivity index is 2.57. The quantitative estimate of drug-likeness (QED) is 0.510. The van der Waals surface area contributed by atoms with Gasteiger partial charge in [-0.25, -0.2) is 0 Å². The number of terminal acetylenes is 1. The highest BCUT2D eigenvalue weighted by atomic mass is 15.1. The summed E-state index contributed by atoms with van der Waals surface area (Å²) < 4.78 is 0. The molecule has 0 aliphatic heterocycles. The van der Waals surface area contributed by atoms with Gasteiger partial charge in [0.2, 0.25) is 0 Å². The normalized spacial score (nSPS) is 9.75. The molecule has 0 aliphatic carbocycles. The molecule has 0 aliphatic rings. The number of aromatic nitrogens is 2. The summed E-state index contributed by atoms with van der Waals surface area (Å²) in [5.74, 6) is 2.53. The predicted octanol–water partition coefficient (Wildman–Crippen LogP) is 0.749. The van der Waals surface area contributed by atoms with Gasteiger partial charge in [-0.2, -0.15) is 5.10 Å². The Bertz CT molecular complexity index is 274. The molecule has 0 spiro atoms. The van der Waals surface area contributed by atoms with Crippen molar-refractivity contribution >= 4 is 0 Å². The molecule has 64 valence electrons. The monoisotopic (exact) mass is 163 g/mol. The van der Waals surface area contributed by atoms with Crippen LogP contribution in [0.15, 0.2) is 0 Å². The third-order valence-electron chi connectivity index (χ3n) is 1.81. The molecule has 12 heavy (non-hydrogen) atoms. The lowest BCUT2D eigenvalue weighted by molar-refractivity contribution is 0.762. The lowest BCUT2D eigenvalue weighted by Crippen LogP contribution is -2.13. The van der Waals surface area contributed by atoms with Gasteiger partial charge in [0, 0.05) is 17.8 Å². The van der Waals surface area contributed by atoms with Gasteiger partial charge in [0.1, 0.15) is 0 Å². The Hall–Kier alpha value is -1.27. The average Bonchev–Trinajstić information content (AvgIpc) is 2.35. The molecule has 0 unspecified atom stereocenters. The summed E-state index contributed by atoms with van der Waals surface area (Å²) in [5, 5.41) is 10.1. The van der Waals surface area contributed by atoms with Crippen molar-refractivity contribution < 1.29 is 0 Å². The molecule has 0 aromatic carbocycles. The van der Waals surface area contributed by atoms with E-state index in [1.807, 2.05) is 13.8 Å². The summed E-state index contributed by atoms with van der Waals surface area (Å²) in [6, 6.07) is 0. The second-order valence-corrected chi connectivity index (χ2v) is 2.72. The number of rotatable bonds is 3. The van der Waals surface area contributed by atoms with Crippen molar-refractivity contribution in [1.82, 2.24) is 15.5 Å². The van der Waals surface area contributed by atoms with Gasteiger partial charge < -0.3 is 5.32 Å². The van der Waals surface area contributed by atoms with Crippen LogP contribution in [0.2, 0.25) is 0 Å². The highest BCUT2D eigenvalue weighted by Gasteiger charge is 2.03. The number of nitrogens with zero attached hydrogens (tertiary/aromatic N) is 1. The molecule has 1 rings (SSSR count). The summed E-state index contributed by atoms with van der Waals surface area (Å²) in [4.78, 5) is 0. The van der Waals surface area contributed by atoms with Crippen LogP contribution in [0.5, 0.6) is 0 Å². The number of aromatic amines is 1. The summed E-state index contributed by atoms with van der Waals surface area (Å²) in [5.41, 5.74) is 3.36. The Morgan fingerprint density at radius 2 is 2.33 bits per heavy atom. The van der Waals surface area contributed by atoms with E-state index in [-0.39, 0.29) is 0 Å². The first-order valence-corrected chi connectivity index (χ1v) is 3.90. The third-order valence-corrected chi connectivity index (χ3v) is 1.81. The van der Waals surface area contributed by atoms with E-state index in [1.54, 1.807) is 0 Å². The van der Waals surface area contributed by atoms with Gasteiger partial charge in [-0.05, 0) is 13.8 Å². The van der Waals surface area contributed by atoms with Gasteiger partial charge in [0.25, 0.3) is 0 Å². The van der Waals surface area contributed by atoms with Crippen LogP contribution < -0.4 is 5.32 Å². The fraction of sp³-hybridized carbons (Fsp3) is 0.444. The topological polar surface area (TPSA) is 40.7 Å². The van der Waals surface area contributed by atoms with Gasteiger partial charge >= 0.3 is 0 Å². The SMILES string of the molecule is C#CCNCc1c(C)n[nH]c1C. The summed E-state index contributed by atoms with van der Waals surface area (Å²) >= 11 is 0. The maximum Gasteiger partial charge on any atom is 0.0638 e. The van der Waals surface area contributed by atoms with Crippen LogP contribution in [0.4, 0.5) is 0 Å². The van der Waals surface area contributed by atoms with Gasteiger partial charge in [-0.15, -0.1) is 6.42 Å². The second kappa shape index (κ2) is 3.93. The lowest BCUT2D eigenvalue weighted by Gasteiger charge is -1.99. The van der Waals surface area contributed by atoms with Crippen LogP contribution in [0.3, 0.4) is 0 Å². The van der Waals surface area contributed by atoms with Crippen LogP contribution in [-0.4, -0.2) is 16.7 Å². The van der Waals surface area contributed by atoms with E-state index >= 15 is 0 Å². The molecule has 0 radical (unpaired) electrons. The van der Waals surface area contributed by atoms with Gasteiger partial charge in [0.05, 0.1) is 12.2 Å². The minimum Gasteiger partial charge on any atom is -0.302 e. The Kier molecular flexibility index (Phi) is 2.89. The lowest BCUT2D eigenvalue weighted by atomic mass is 10.2. The molecular weight excluding hydrogens is 150 g/mol. The zero-order valence-corrected chi connectivity index (χ0v) is 7.44. The van der Waals surface area contributed by atoms with E-state index in [2.05, 4.69) is 21.4 Å². The van der Waals surface area contributed by atoms with Crippen molar-refractivity contribution in [3.05, 3.63) is 17.0 Å². The molecule has 0 saturated carbocycles. The summed E-state index contributed by atoms with van der Waals surface area (Å²) in [7, 11) is 0. The van der Waals surface area contributed by atoms with Crippen LogP contribution in [0, 0.1) is 26.2 Å². The van der Waals surface area contributed by atoms with Crippen molar-refractivity contribution in [2.24, 2.45) is 0 Å². The Morgan fingerprint density at radius 1 is 1.58 bits per heavy atom. The van der Waals surface area contributed by atoms with Crippen molar-refractivity contribution in [3.63, 3.8) is 0 Å². The number of hydrogen-bond donors (Lipinski definition) is 2. The highest BCUT2D eigenvalue weighted by Crippen LogP contribution is 2.07. The molecule has 1 heterocycles. The maximum absolute atomic E-state index is 5.11. The van der Waals surface area contributed by atoms with Crippen molar-refractivity contribution in [2.75, 3.05) is 6.54 Å². The van der Waals surface area contributed by atoms with Gasteiger partial charge in [-0.3, -0.25) is 5.10 Å². The zero-order valence-electron chi connectivity index (χ0n) is 7.44. The van der Waals surface area contributed by atoms with Crippen LogP contribution in [-0.2, 0) is 6.54 Å². The standard InChI is InChI=1S/C9H13N3/c1-4-5-10-6-9-7(2)11-12-8(9)3/h1,10H,5-6H2,2-3H3,(H,11,12). The van der Waals surface area contributed by atoms with Crippen LogP contribution >= 0.6 is 0 Å². The molecule has 1 aromatic heterocycles. The molecule has 1 aromatic rings. The predicted molar refractivity (Wildman–Crippen MR) is 48.6 cm³/mol. The number of nitrogens with one attached hydrogen (secondary N) is 2. The molecule has 0 fully saturated rings. The minimum atomic E-state index is 0.601. The first-order chi connectivity index (χ1) is 5.75. The fourth-order valence-electron chi connectivity index (χ4n) is 1.09. The van der Waals surface area contributed by atoms with Crippen molar-refractivity contribution in [2.45, 2.75) is 20.4 Å². The van der Waals surface area contributed by atoms with E-state index in [4.69, 9.17) is 6.42 Å². The molecule has 0 saturated heterocycles. The molecule has 2 N–H and O–H groups in total. The smallest absolute Gasteiger partial charge is 0.0638 e. The van der Waals surface area contributed by atoms with Gasteiger partial charge in [0.15, 0.2) is 0 Å². The van der Waals surface area contributed by atoms with Crippen LogP contribution in [0.25, 0.3) is 0 Å². The Labute approximate surface area is 72.6 Å². The molecule has 0 bridgehead atoms. The minimum absolute atomic E-state index is 0.601. The molecule has 0 atom stereocenters. The first kappa shape index (κ1) is 8.82. The summed E-state index contributed by atoms with van der Waals surface area (Å²) in [6.45, 7) is 5.38. The van der Waals surface area contributed by atoms with Gasteiger partial charge in [-0.1, -0.05) is 5.92 Å². The second-order valence-electron chi connectivity index (χ2n) is 2.72. The molecular formula is C9H13N3. The van der Waals surface area contributed by atoms with E-state index in [9.17, 15) is 0 Å². The highest BCUT2D eigenvalue weighted by molar-refractivity contribution is 5.22. The Morgan fingerprint density at radius 3 is 2.83 bits per heavy atom. The van der Waals surface area contributed by atoms with E-state index in [0.29, 0.717) is 6.54 Å². The fourth-order valence-corrected chi connectivity index (χ4v) is 1.09. The average molecular weight is 163 g/mol. The first-order valence-electron chi connectivity index (χ1n) is 3.90. The van der Waals surface area contributed by atoms with E-state index in [0.717, 1.165) is 17.9 Å². The molecule has 3 nitrogen and oxygen atoms in total. The van der Waals surface area contributed by atoms with E-state index < -0.39 is 0 Å². The zero-order chi connectivity index (χ0) is 8.97. The van der Waals surface area contributed by atoms with Crippen molar-refractivity contribution in [3.8, 4) is 12.3 Å². The van der Waals surface area contributed by atoms with Crippen LogP contribution in [0.1, 0.15) is 17.0 Å². The number of aryl methyl sites for hydroxylation is 2. The molecule has 0 amide bonds. The van der Waals surface area contributed by atoms with Crippen molar-refractivity contribution in [1.29, 1.82) is 0 Å². The number of hydrogen-bond acceptors (Lipinski definition) is 2.